The molecule has 0 unspecified atom stereocenters. The lowest BCUT2D eigenvalue weighted by atomic mass is 10.2. The summed E-state index contributed by atoms with van der Waals surface area (Å²) in [5.41, 5.74) is 2.18. The van der Waals surface area contributed by atoms with Crippen molar-refractivity contribution in [1.82, 2.24) is 15.0 Å². The summed E-state index contributed by atoms with van der Waals surface area (Å²) < 4.78 is 0. The van der Waals surface area contributed by atoms with Crippen LogP contribution in [0.5, 0.6) is 0 Å². The smallest absolute Gasteiger partial charge is 0.258 e. The summed E-state index contributed by atoms with van der Waals surface area (Å²) in [6.07, 6.45) is 6.20. The molecule has 88 valence electrons. The fourth-order valence-electron chi connectivity index (χ4n) is 1.81. The highest BCUT2D eigenvalue weighted by Crippen LogP contribution is 2.22. The maximum absolute atomic E-state index is 12.0. The number of fused-ring (bicyclic) bond motifs is 1. The van der Waals surface area contributed by atoms with Gasteiger partial charge in [-0.2, -0.15) is 0 Å². The zero-order valence-corrected chi connectivity index (χ0v) is 9.42. The van der Waals surface area contributed by atoms with Crippen molar-refractivity contribution in [2.75, 3.05) is 5.32 Å². The Kier molecular flexibility index (Phi) is 2.49. The number of rotatable bonds is 2. The van der Waals surface area contributed by atoms with Crippen LogP contribution in [0.25, 0.3) is 10.9 Å². The van der Waals surface area contributed by atoms with Gasteiger partial charge in [-0.3, -0.25) is 4.79 Å². The van der Waals surface area contributed by atoms with Gasteiger partial charge in [0, 0.05) is 29.5 Å². The zero-order chi connectivity index (χ0) is 12.4. The quantitative estimate of drug-likeness (QED) is 0.719. The Balaban J connectivity index is 1.93. The van der Waals surface area contributed by atoms with E-state index < -0.39 is 0 Å². The molecule has 0 spiro atoms. The lowest BCUT2D eigenvalue weighted by Gasteiger charge is -2.05. The third kappa shape index (κ3) is 1.82. The normalized spacial score (nSPS) is 10.4. The number of hydrogen-bond acceptors (Lipinski definition) is 3. The minimum atomic E-state index is -0.218. The number of nitrogens with one attached hydrogen (secondary N) is 2. The monoisotopic (exact) mass is 238 g/mol. The Morgan fingerprint density at radius 3 is 2.83 bits per heavy atom. The predicted molar refractivity (Wildman–Crippen MR) is 68.3 cm³/mol. The van der Waals surface area contributed by atoms with Crippen molar-refractivity contribution >= 4 is 22.5 Å². The minimum absolute atomic E-state index is 0.218. The molecule has 3 aromatic rings. The number of aromatic nitrogens is 3. The largest absolute Gasteiger partial charge is 0.361 e. The fourth-order valence-corrected chi connectivity index (χ4v) is 1.81. The molecule has 0 saturated carbocycles. The molecule has 5 heteroatoms. The summed E-state index contributed by atoms with van der Waals surface area (Å²) in [7, 11) is 0. The number of benzene rings is 1. The molecule has 0 atom stereocenters. The second kappa shape index (κ2) is 4.29. The van der Waals surface area contributed by atoms with E-state index in [1.807, 2.05) is 30.5 Å². The fraction of sp³-hybridized carbons (Fsp3) is 0. The van der Waals surface area contributed by atoms with Crippen LogP contribution >= 0.6 is 0 Å². The Morgan fingerprint density at radius 1 is 1.17 bits per heavy atom. The van der Waals surface area contributed by atoms with E-state index in [0.717, 1.165) is 16.6 Å². The summed E-state index contributed by atoms with van der Waals surface area (Å²) >= 11 is 0. The van der Waals surface area contributed by atoms with Crippen LogP contribution in [0.3, 0.4) is 0 Å². The van der Waals surface area contributed by atoms with Crippen LogP contribution in [0, 0.1) is 0 Å². The molecule has 0 aliphatic heterocycles. The van der Waals surface area contributed by atoms with Gasteiger partial charge in [0.2, 0.25) is 0 Å². The Morgan fingerprint density at radius 2 is 2.00 bits per heavy atom. The first kappa shape index (κ1) is 10.5. The SMILES string of the molecule is O=C(Nc1cccc2[nH]ccc12)c1cncnc1. The number of hydrogen-bond donors (Lipinski definition) is 2. The van der Waals surface area contributed by atoms with Crippen molar-refractivity contribution in [3.8, 4) is 0 Å². The summed E-state index contributed by atoms with van der Waals surface area (Å²) in [5, 5.41) is 3.82. The lowest BCUT2D eigenvalue weighted by molar-refractivity contribution is 0.102. The topological polar surface area (TPSA) is 70.7 Å². The maximum Gasteiger partial charge on any atom is 0.258 e. The average molecular weight is 238 g/mol. The number of anilines is 1. The molecular weight excluding hydrogens is 228 g/mol. The molecule has 2 N–H and O–H groups in total. The molecule has 1 amide bonds. The van der Waals surface area contributed by atoms with E-state index >= 15 is 0 Å². The second-order valence-corrected chi connectivity index (χ2v) is 3.83. The van der Waals surface area contributed by atoms with Crippen molar-refractivity contribution < 1.29 is 4.79 Å². The third-order valence-electron chi connectivity index (χ3n) is 2.67. The number of H-pyrrole nitrogens is 1. The zero-order valence-electron chi connectivity index (χ0n) is 9.42. The van der Waals surface area contributed by atoms with Gasteiger partial charge in [-0.1, -0.05) is 6.07 Å². The molecular formula is C13H10N4O. The molecule has 18 heavy (non-hydrogen) atoms. The molecule has 0 aliphatic rings. The van der Waals surface area contributed by atoms with Crippen LogP contribution in [0.15, 0.2) is 49.2 Å². The number of aromatic amines is 1. The first-order valence-electron chi connectivity index (χ1n) is 5.47. The summed E-state index contributed by atoms with van der Waals surface area (Å²) in [6, 6.07) is 7.62. The number of carbonyl (C=O) groups excluding carboxylic acids is 1. The highest BCUT2D eigenvalue weighted by atomic mass is 16.1. The van der Waals surface area contributed by atoms with Crippen molar-refractivity contribution in [3.63, 3.8) is 0 Å². The summed E-state index contributed by atoms with van der Waals surface area (Å²) in [4.78, 5) is 22.7. The second-order valence-electron chi connectivity index (χ2n) is 3.83. The standard InChI is InChI=1S/C13H10N4O/c18-13(9-6-14-8-15-7-9)17-12-3-1-2-11-10(12)4-5-16-11/h1-8,16H,(H,17,18). The first-order valence-corrected chi connectivity index (χ1v) is 5.47. The Hall–Kier alpha value is -2.69. The van der Waals surface area contributed by atoms with Gasteiger partial charge < -0.3 is 10.3 Å². The molecule has 5 nitrogen and oxygen atoms in total. The highest BCUT2D eigenvalue weighted by molar-refractivity contribution is 6.08. The molecule has 0 aliphatic carbocycles. The maximum atomic E-state index is 12.0. The molecule has 2 heterocycles. The van der Waals surface area contributed by atoms with Crippen molar-refractivity contribution in [1.29, 1.82) is 0 Å². The average Bonchev–Trinajstić information content (AvgIpc) is 2.89. The Bertz CT molecular complexity index is 690. The van der Waals surface area contributed by atoms with Crippen LogP contribution in [-0.2, 0) is 0 Å². The minimum Gasteiger partial charge on any atom is -0.361 e. The van der Waals surface area contributed by atoms with E-state index in [-0.39, 0.29) is 5.91 Å². The number of carbonyl (C=O) groups is 1. The van der Waals surface area contributed by atoms with Crippen LogP contribution in [0.1, 0.15) is 10.4 Å². The molecule has 0 fully saturated rings. The third-order valence-corrected chi connectivity index (χ3v) is 2.67. The van der Waals surface area contributed by atoms with Gasteiger partial charge in [0.1, 0.15) is 6.33 Å². The predicted octanol–water partition coefficient (Wildman–Crippen LogP) is 2.21. The van der Waals surface area contributed by atoms with E-state index in [9.17, 15) is 4.79 Å². The number of amides is 1. The van der Waals surface area contributed by atoms with Gasteiger partial charge in [0.15, 0.2) is 0 Å². The van der Waals surface area contributed by atoms with E-state index in [1.165, 1.54) is 18.7 Å². The van der Waals surface area contributed by atoms with Crippen LogP contribution < -0.4 is 5.32 Å². The van der Waals surface area contributed by atoms with Crippen molar-refractivity contribution in [3.05, 3.63) is 54.7 Å². The molecule has 0 radical (unpaired) electrons. The molecule has 0 saturated heterocycles. The number of nitrogens with zero attached hydrogens (tertiary/aromatic N) is 2. The van der Waals surface area contributed by atoms with Gasteiger partial charge in [-0.05, 0) is 18.2 Å². The summed E-state index contributed by atoms with van der Waals surface area (Å²) in [6.45, 7) is 0. The summed E-state index contributed by atoms with van der Waals surface area (Å²) in [5.74, 6) is -0.218. The van der Waals surface area contributed by atoms with Gasteiger partial charge >= 0.3 is 0 Å². The molecule has 2 aromatic heterocycles. The van der Waals surface area contributed by atoms with E-state index in [2.05, 4.69) is 20.3 Å². The van der Waals surface area contributed by atoms with Gasteiger partial charge in [-0.15, -0.1) is 0 Å². The van der Waals surface area contributed by atoms with Gasteiger partial charge in [0.05, 0.1) is 11.3 Å². The van der Waals surface area contributed by atoms with Crippen LogP contribution in [0.2, 0.25) is 0 Å². The van der Waals surface area contributed by atoms with Gasteiger partial charge in [-0.25, -0.2) is 9.97 Å². The van der Waals surface area contributed by atoms with E-state index in [0.29, 0.717) is 5.56 Å². The van der Waals surface area contributed by atoms with Crippen LogP contribution in [-0.4, -0.2) is 20.9 Å². The molecule has 0 bridgehead atoms. The van der Waals surface area contributed by atoms with Crippen molar-refractivity contribution in [2.24, 2.45) is 0 Å². The molecule has 1 aromatic carbocycles. The first-order chi connectivity index (χ1) is 8.84. The molecule has 3 rings (SSSR count). The van der Waals surface area contributed by atoms with E-state index in [1.54, 1.807) is 0 Å². The van der Waals surface area contributed by atoms with Crippen LogP contribution in [0.4, 0.5) is 5.69 Å². The Labute approximate surface area is 103 Å². The van der Waals surface area contributed by atoms with Crippen molar-refractivity contribution in [2.45, 2.75) is 0 Å². The highest BCUT2D eigenvalue weighted by Gasteiger charge is 2.08. The van der Waals surface area contributed by atoms with E-state index in [4.69, 9.17) is 0 Å². The van der Waals surface area contributed by atoms with Gasteiger partial charge in [0.25, 0.3) is 5.91 Å². The lowest BCUT2D eigenvalue weighted by Crippen LogP contribution is -2.12.